The number of likely N-dealkylation sites (N-methyl/N-ethyl adjacent to an activating group) is 1. The van der Waals surface area contributed by atoms with E-state index in [1.807, 2.05) is 0 Å². The number of hydrogen-bond donors (Lipinski definition) is 1. The zero-order chi connectivity index (χ0) is 17.1. The van der Waals surface area contributed by atoms with Crippen molar-refractivity contribution in [2.45, 2.75) is 77.6 Å². The van der Waals surface area contributed by atoms with Crippen molar-refractivity contribution in [2.75, 3.05) is 39.8 Å². The largest absolute Gasteiger partial charge is 0.393 e. The normalized spacial score (nSPS) is 29.0. The molecule has 4 heteroatoms. The first kappa shape index (κ1) is 19.2. The van der Waals surface area contributed by atoms with E-state index >= 15 is 0 Å². The molecule has 1 saturated heterocycles. The minimum atomic E-state index is -0.105. The molecule has 0 radical (unpaired) electrons. The van der Waals surface area contributed by atoms with Crippen LogP contribution in [0.3, 0.4) is 0 Å². The molecule has 1 aliphatic carbocycles. The third-order valence-corrected chi connectivity index (χ3v) is 5.28. The van der Waals surface area contributed by atoms with Crippen LogP contribution in [0.4, 0.5) is 0 Å². The molecule has 0 aromatic carbocycles. The lowest BCUT2D eigenvalue weighted by molar-refractivity contribution is -0.114. The molecule has 0 amide bonds. The van der Waals surface area contributed by atoms with E-state index in [1.54, 1.807) is 0 Å². The van der Waals surface area contributed by atoms with E-state index in [9.17, 15) is 5.11 Å². The van der Waals surface area contributed by atoms with Gasteiger partial charge in [0.15, 0.2) is 0 Å². The van der Waals surface area contributed by atoms with Crippen LogP contribution in [-0.4, -0.2) is 72.5 Å². The minimum Gasteiger partial charge on any atom is -0.393 e. The second kappa shape index (κ2) is 7.81. The number of rotatable bonds is 6. The number of ether oxygens (including phenoxy) is 1. The highest BCUT2D eigenvalue weighted by Crippen LogP contribution is 2.34. The van der Waals surface area contributed by atoms with E-state index in [2.05, 4.69) is 44.5 Å². The predicted octanol–water partition coefficient (Wildman–Crippen LogP) is 2.75. The highest BCUT2D eigenvalue weighted by Gasteiger charge is 2.34. The van der Waals surface area contributed by atoms with Crippen LogP contribution in [0.25, 0.3) is 0 Å². The Hall–Kier alpha value is -0.160. The SMILES string of the molecule is CN1CCN(CC(C)(C)CC(C)(C)OC2CCC(O)CC2)CC1. The van der Waals surface area contributed by atoms with Gasteiger partial charge in [-0.1, -0.05) is 13.8 Å². The van der Waals surface area contributed by atoms with Gasteiger partial charge in [0.05, 0.1) is 17.8 Å². The molecule has 0 spiro atoms. The molecule has 136 valence electrons. The van der Waals surface area contributed by atoms with Crippen molar-refractivity contribution in [3.8, 4) is 0 Å². The molecule has 0 aromatic rings. The average Bonchev–Trinajstić information content (AvgIpc) is 2.42. The topological polar surface area (TPSA) is 35.9 Å². The number of nitrogens with zero attached hydrogens (tertiary/aromatic N) is 2. The summed E-state index contributed by atoms with van der Waals surface area (Å²) in [6.45, 7) is 15.1. The zero-order valence-electron chi connectivity index (χ0n) is 16.0. The summed E-state index contributed by atoms with van der Waals surface area (Å²) in [5.41, 5.74) is 0.163. The first-order valence-electron chi connectivity index (χ1n) is 9.42. The highest BCUT2D eigenvalue weighted by atomic mass is 16.5. The van der Waals surface area contributed by atoms with Gasteiger partial charge in [-0.3, -0.25) is 0 Å². The molecule has 2 fully saturated rings. The molecule has 23 heavy (non-hydrogen) atoms. The first-order chi connectivity index (χ1) is 10.7. The van der Waals surface area contributed by atoms with Crippen LogP contribution in [0.15, 0.2) is 0 Å². The van der Waals surface area contributed by atoms with Gasteiger partial charge in [0, 0.05) is 32.7 Å². The Labute approximate surface area is 143 Å². The highest BCUT2D eigenvalue weighted by molar-refractivity contribution is 4.86. The Kier molecular flexibility index (Phi) is 6.51. The van der Waals surface area contributed by atoms with Gasteiger partial charge in [-0.2, -0.15) is 0 Å². The van der Waals surface area contributed by atoms with Crippen LogP contribution < -0.4 is 0 Å². The monoisotopic (exact) mass is 326 g/mol. The summed E-state index contributed by atoms with van der Waals surface area (Å²) >= 11 is 0. The molecule has 0 unspecified atom stereocenters. The first-order valence-corrected chi connectivity index (χ1v) is 9.42. The molecule has 1 saturated carbocycles. The van der Waals surface area contributed by atoms with Crippen molar-refractivity contribution in [3.05, 3.63) is 0 Å². The molecular formula is C19H38N2O2. The molecule has 1 N–H and O–H groups in total. The lowest BCUT2D eigenvalue weighted by Gasteiger charge is -2.42. The molecular weight excluding hydrogens is 288 g/mol. The number of piperazine rings is 1. The van der Waals surface area contributed by atoms with E-state index < -0.39 is 0 Å². The van der Waals surface area contributed by atoms with Crippen molar-refractivity contribution in [1.29, 1.82) is 0 Å². The standard InChI is InChI=1S/C19H38N2O2/c1-18(2,15-21-12-10-20(5)11-13-21)14-19(3,4)23-17-8-6-16(22)7-9-17/h16-17,22H,6-15H2,1-5H3. The molecule has 1 aliphatic heterocycles. The summed E-state index contributed by atoms with van der Waals surface area (Å²) in [4.78, 5) is 5.01. The number of aliphatic hydroxyl groups is 1. The van der Waals surface area contributed by atoms with Gasteiger partial charge in [-0.15, -0.1) is 0 Å². The van der Waals surface area contributed by atoms with Crippen molar-refractivity contribution < 1.29 is 9.84 Å². The Bertz CT molecular complexity index is 320. The Morgan fingerprint density at radius 3 is 2.09 bits per heavy atom. The third-order valence-electron chi connectivity index (χ3n) is 5.28. The van der Waals surface area contributed by atoms with E-state index in [0.29, 0.717) is 6.10 Å². The Morgan fingerprint density at radius 2 is 1.52 bits per heavy atom. The van der Waals surface area contributed by atoms with Crippen molar-refractivity contribution in [1.82, 2.24) is 9.80 Å². The smallest absolute Gasteiger partial charge is 0.0635 e. The van der Waals surface area contributed by atoms with Crippen molar-refractivity contribution in [3.63, 3.8) is 0 Å². The number of aliphatic hydroxyl groups excluding tert-OH is 1. The van der Waals surface area contributed by atoms with Gasteiger partial charge in [0.2, 0.25) is 0 Å². The van der Waals surface area contributed by atoms with E-state index in [0.717, 1.165) is 38.6 Å². The molecule has 0 atom stereocenters. The van der Waals surface area contributed by atoms with E-state index in [1.165, 1.54) is 26.2 Å². The summed E-state index contributed by atoms with van der Waals surface area (Å²) in [5, 5.41) is 9.65. The van der Waals surface area contributed by atoms with Crippen LogP contribution in [0.1, 0.15) is 59.8 Å². The van der Waals surface area contributed by atoms with E-state index in [4.69, 9.17) is 4.74 Å². The zero-order valence-corrected chi connectivity index (χ0v) is 16.0. The second-order valence-corrected chi connectivity index (χ2v) is 9.23. The quantitative estimate of drug-likeness (QED) is 0.814. The molecule has 0 aromatic heterocycles. The van der Waals surface area contributed by atoms with Crippen LogP contribution in [-0.2, 0) is 4.74 Å². The second-order valence-electron chi connectivity index (χ2n) is 9.23. The molecule has 2 rings (SSSR count). The van der Waals surface area contributed by atoms with Crippen molar-refractivity contribution in [2.24, 2.45) is 5.41 Å². The van der Waals surface area contributed by atoms with Gasteiger partial charge >= 0.3 is 0 Å². The Morgan fingerprint density at radius 1 is 0.957 bits per heavy atom. The van der Waals surface area contributed by atoms with Gasteiger partial charge < -0.3 is 19.6 Å². The van der Waals surface area contributed by atoms with Gasteiger partial charge in [-0.05, 0) is 58.4 Å². The molecule has 2 aliphatic rings. The molecule has 1 heterocycles. The lowest BCUT2D eigenvalue weighted by Crippen LogP contribution is -2.49. The van der Waals surface area contributed by atoms with Crippen LogP contribution in [0, 0.1) is 5.41 Å². The van der Waals surface area contributed by atoms with Crippen LogP contribution in [0.5, 0.6) is 0 Å². The van der Waals surface area contributed by atoms with Crippen molar-refractivity contribution >= 4 is 0 Å². The fourth-order valence-corrected chi connectivity index (χ4v) is 4.48. The predicted molar refractivity (Wildman–Crippen MR) is 95.8 cm³/mol. The third kappa shape index (κ3) is 6.69. The lowest BCUT2D eigenvalue weighted by atomic mass is 9.80. The maximum Gasteiger partial charge on any atom is 0.0635 e. The number of hydrogen-bond acceptors (Lipinski definition) is 4. The Balaban J connectivity index is 1.80. The summed E-state index contributed by atoms with van der Waals surface area (Å²) < 4.78 is 6.43. The summed E-state index contributed by atoms with van der Waals surface area (Å²) in [6, 6.07) is 0. The molecule has 4 nitrogen and oxygen atoms in total. The van der Waals surface area contributed by atoms with Crippen LogP contribution in [0.2, 0.25) is 0 Å². The minimum absolute atomic E-state index is 0.0942. The average molecular weight is 327 g/mol. The maximum absolute atomic E-state index is 9.65. The summed E-state index contributed by atoms with van der Waals surface area (Å²) in [6.07, 6.45) is 5.09. The maximum atomic E-state index is 9.65. The fourth-order valence-electron chi connectivity index (χ4n) is 4.48. The van der Waals surface area contributed by atoms with Gasteiger partial charge in [0.1, 0.15) is 0 Å². The summed E-state index contributed by atoms with van der Waals surface area (Å²) in [5.74, 6) is 0. The van der Waals surface area contributed by atoms with E-state index in [-0.39, 0.29) is 17.1 Å². The fraction of sp³-hybridized carbons (Fsp3) is 1.00. The summed E-state index contributed by atoms with van der Waals surface area (Å²) in [7, 11) is 2.21. The molecule has 0 bridgehead atoms. The van der Waals surface area contributed by atoms with Crippen LogP contribution >= 0.6 is 0 Å². The van der Waals surface area contributed by atoms with Gasteiger partial charge in [0.25, 0.3) is 0 Å². The van der Waals surface area contributed by atoms with Gasteiger partial charge in [-0.25, -0.2) is 0 Å².